The number of carbonyl (C=O) groups is 1. The van der Waals surface area contributed by atoms with Crippen molar-refractivity contribution in [3.05, 3.63) is 39.8 Å². The van der Waals surface area contributed by atoms with E-state index in [1.165, 1.54) is 0 Å². The van der Waals surface area contributed by atoms with Gasteiger partial charge in [-0.15, -0.1) is 0 Å². The molecular weight excluding hydrogens is 281 g/mol. The molecule has 0 aliphatic rings. The van der Waals surface area contributed by atoms with E-state index in [2.05, 4.69) is 27.8 Å². The van der Waals surface area contributed by atoms with Crippen LogP contribution in [0.1, 0.15) is 0 Å². The van der Waals surface area contributed by atoms with Crippen LogP contribution in [0, 0.1) is 0 Å². The van der Waals surface area contributed by atoms with Gasteiger partial charge in [-0.25, -0.2) is 4.79 Å². The van der Waals surface area contributed by atoms with Gasteiger partial charge in [-0.1, -0.05) is 24.2 Å². The molecule has 1 aromatic carbocycles. The van der Waals surface area contributed by atoms with Crippen LogP contribution in [-0.4, -0.2) is 17.6 Å². The fourth-order valence-electron chi connectivity index (χ4n) is 0.918. The van der Waals surface area contributed by atoms with Crippen molar-refractivity contribution < 1.29 is 9.90 Å². The van der Waals surface area contributed by atoms with Gasteiger partial charge in [-0.2, -0.15) is 0 Å². The maximum Gasteiger partial charge on any atom is 0.332 e. The first-order valence-electron chi connectivity index (χ1n) is 4.11. The summed E-state index contributed by atoms with van der Waals surface area (Å²) >= 11 is 9.16. The highest BCUT2D eigenvalue weighted by Gasteiger charge is 2.06. The van der Waals surface area contributed by atoms with Crippen molar-refractivity contribution >= 4 is 39.2 Å². The van der Waals surface area contributed by atoms with Crippen LogP contribution in [0.15, 0.2) is 34.8 Å². The summed E-state index contributed by atoms with van der Waals surface area (Å²) in [5.41, 5.74) is 0.840. The normalized spacial score (nSPS) is 9.73. The molecular formula is C10H9BrClNO2. The Morgan fingerprint density at radius 2 is 2.27 bits per heavy atom. The SMILES string of the molecule is C=C(CNc1cccc(Cl)c1Br)C(=O)O. The number of carboxylic acids is 1. The van der Waals surface area contributed by atoms with Gasteiger partial charge in [0, 0.05) is 12.1 Å². The topological polar surface area (TPSA) is 49.3 Å². The molecule has 0 atom stereocenters. The number of aliphatic carboxylic acids is 1. The molecule has 5 heteroatoms. The second-order valence-electron chi connectivity index (χ2n) is 2.86. The van der Waals surface area contributed by atoms with Crippen LogP contribution >= 0.6 is 27.5 Å². The summed E-state index contributed by atoms with van der Waals surface area (Å²) < 4.78 is 0.713. The number of hydrogen-bond donors (Lipinski definition) is 2. The Kier molecular flexibility index (Phi) is 4.17. The van der Waals surface area contributed by atoms with Gasteiger partial charge in [-0.3, -0.25) is 0 Å². The number of carboxylic acid groups (broad SMARTS) is 1. The number of nitrogens with one attached hydrogen (secondary N) is 1. The summed E-state index contributed by atoms with van der Waals surface area (Å²) in [4.78, 5) is 10.5. The van der Waals surface area contributed by atoms with E-state index < -0.39 is 5.97 Å². The van der Waals surface area contributed by atoms with Gasteiger partial charge < -0.3 is 10.4 Å². The Morgan fingerprint density at radius 1 is 1.60 bits per heavy atom. The van der Waals surface area contributed by atoms with Crippen LogP contribution in [0.3, 0.4) is 0 Å². The summed E-state index contributed by atoms with van der Waals surface area (Å²) in [6.45, 7) is 3.59. The summed E-state index contributed by atoms with van der Waals surface area (Å²) in [5.74, 6) is -1.01. The number of anilines is 1. The number of benzene rings is 1. The molecule has 0 saturated heterocycles. The van der Waals surface area contributed by atoms with Gasteiger partial charge in [-0.05, 0) is 28.1 Å². The lowest BCUT2D eigenvalue weighted by Crippen LogP contribution is -2.11. The third-order valence-electron chi connectivity index (χ3n) is 1.75. The molecule has 0 unspecified atom stereocenters. The Morgan fingerprint density at radius 3 is 2.87 bits per heavy atom. The highest BCUT2D eigenvalue weighted by molar-refractivity contribution is 9.10. The molecule has 0 spiro atoms. The molecule has 0 aliphatic heterocycles. The lowest BCUT2D eigenvalue weighted by molar-refractivity contribution is -0.132. The average molecular weight is 291 g/mol. The predicted octanol–water partition coefficient (Wildman–Crippen LogP) is 3.16. The zero-order valence-corrected chi connectivity index (χ0v) is 10.1. The van der Waals surface area contributed by atoms with Gasteiger partial charge in [0.15, 0.2) is 0 Å². The van der Waals surface area contributed by atoms with E-state index >= 15 is 0 Å². The first-order valence-corrected chi connectivity index (χ1v) is 5.28. The van der Waals surface area contributed by atoms with Crippen LogP contribution in [-0.2, 0) is 4.79 Å². The summed E-state index contributed by atoms with van der Waals surface area (Å²) in [5, 5.41) is 12.1. The molecule has 15 heavy (non-hydrogen) atoms. The third-order valence-corrected chi connectivity index (χ3v) is 3.14. The van der Waals surface area contributed by atoms with Gasteiger partial charge in [0.05, 0.1) is 15.2 Å². The van der Waals surface area contributed by atoms with Crippen molar-refractivity contribution in [1.82, 2.24) is 0 Å². The minimum absolute atomic E-state index is 0.0990. The standard InChI is InChI=1S/C10H9BrClNO2/c1-6(10(14)15)5-13-8-4-2-3-7(12)9(8)11/h2-4,13H,1,5H2,(H,14,15). The molecule has 1 aromatic rings. The largest absolute Gasteiger partial charge is 0.478 e. The number of hydrogen-bond acceptors (Lipinski definition) is 2. The van der Waals surface area contributed by atoms with E-state index in [1.807, 2.05) is 0 Å². The molecule has 2 N–H and O–H groups in total. The first-order chi connectivity index (χ1) is 7.02. The monoisotopic (exact) mass is 289 g/mol. The van der Waals surface area contributed by atoms with Gasteiger partial charge in [0.1, 0.15) is 0 Å². The highest BCUT2D eigenvalue weighted by atomic mass is 79.9. The molecule has 0 bridgehead atoms. The van der Waals surface area contributed by atoms with Crippen LogP contribution in [0.2, 0.25) is 5.02 Å². The number of halogens is 2. The fraction of sp³-hybridized carbons (Fsp3) is 0.100. The van der Waals surface area contributed by atoms with Crippen molar-refractivity contribution in [3.63, 3.8) is 0 Å². The second-order valence-corrected chi connectivity index (χ2v) is 4.06. The highest BCUT2D eigenvalue weighted by Crippen LogP contribution is 2.29. The Hall–Kier alpha value is -1.00. The van der Waals surface area contributed by atoms with Gasteiger partial charge in [0.25, 0.3) is 0 Å². The van der Waals surface area contributed by atoms with Crippen molar-refractivity contribution in [3.8, 4) is 0 Å². The van der Waals surface area contributed by atoms with Crippen LogP contribution < -0.4 is 5.32 Å². The maximum atomic E-state index is 10.5. The van der Waals surface area contributed by atoms with E-state index in [-0.39, 0.29) is 12.1 Å². The molecule has 0 aromatic heterocycles. The summed E-state index contributed by atoms with van der Waals surface area (Å²) in [6, 6.07) is 5.31. The van der Waals surface area contributed by atoms with Crippen molar-refractivity contribution in [2.45, 2.75) is 0 Å². The zero-order chi connectivity index (χ0) is 11.4. The lowest BCUT2D eigenvalue weighted by atomic mass is 10.2. The van der Waals surface area contributed by atoms with Crippen LogP contribution in [0.25, 0.3) is 0 Å². The molecule has 1 rings (SSSR count). The molecule has 0 saturated carbocycles. The summed E-state index contributed by atoms with van der Waals surface area (Å²) in [6.07, 6.45) is 0. The van der Waals surface area contributed by atoms with Crippen molar-refractivity contribution in [2.24, 2.45) is 0 Å². The van der Waals surface area contributed by atoms with E-state index in [9.17, 15) is 4.79 Å². The zero-order valence-electron chi connectivity index (χ0n) is 7.76. The van der Waals surface area contributed by atoms with Crippen LogP contribution in [0.5, 0.6) is 0 Å². The van der Waals surface area contributed by atoms with E-state index in [4.69, 9.17) is 16.7 Å². The quantitative estimate of drug-likeness (QED) is 0.838. The van der Waals surface area contributed by atoms with Gasteiger partial charge in [0.2, 0.25) is 0 Å². The number of rotatable bonds is 4. The van der Waals surface area contributed by atoms with Crippen molar-refractivity contribution in [2.75, 3.05) is 11.9 Å². The molecule has 0 amide bonds. The Balaban J connectivity index is 2.70. The average Bonchev–Trinajstić information content (AvgIpc) is 2.19. The fourth-order valence-corrected chi connectivity index (χ4v) is 1.50. The first kappa shape index (κ1) is 12.1. The van der Waals surface area contributed by atoms with Gasteiger partial charge >= 0.3 is 5.97 Å². The molecule has 0 heterocycles. The maximum absolute atomic E-state index is 10.5. The Bertz CT molecular complexity index is 406. The predicted molar refractivity (Wildman–Crippen MR) is 64.4 cm³/mol. The molecule has 0 aliphatic carbocycles. The Labute approximate surface area is 101 Å². The van der Waals surface area contributed by atoms with E-state index in [1.54, 1.807) is 18.2 Å². The van der Waals surface area contributed by atoms with Crippen molar-refractivity contribution in [1.29, 1.82) is 0 Å². The molecule has 0 radical (unpaired) electrons. The third kappa shape index (κ3) is 3.25. The smallest absolute Gasteiger partial charge is 0.332 e. The minimum atomic E-state index is -1.01. The lowest BCUT2D eigenvalue weighted by Gasteiger charge is -2.08. The minimum Gasteiger partial charge on any atom is -0.478 e. The second kappa shape index (κ2) is 5.19. The summed E-state index contributed by atoms with van der Waals surface area (Å²) in [7, 11) is 0. The van der Waals surface area contributed by atoms with E-state index in [0.717, 1.165) is 5.69 Å². The van der Waals surface area contributed by atoms with Crippen LogP contribution in [0.4, 0.5) is 5.69 Å². The molecule has 80 valence electrons. The molecule has 3 nitrogen and oxygen atoms in total. The molecule has 0 fully saturated rings. The van der Waals surface area contributed by atoms with E-state index in [0.29, 0.717) is 9.50 Å².